The summed E-state index contributed by atoms with van der Waals surface area (Å²) in [5.41, 5.74) is 1.55. The van der Waals surface area contributed by atoms with Crippen LogP contribution < -0.4 is 4.74 Å². The van der Waals surface area contributed by atoms with E-state index in [-0.39, 0.29) is 25.3 Å². The number of benzene rings is 3. The molecule has 1 heterocycles. The topological polar surface area (TPSA) is 131 Å². The number of hydrogen-bond donors (Lipinski definition) is 0. The molecule has 37 heavy (non-hydrogen) atoms. The normalized spacial score (nSPS) is 11.1. The van der Waals surface area contributed by atoms with Gasteiger partial charge in [-0.1, -0.05) is 12.1 Å². The highest BCUT2D eigenvalue weighted by molar-refractivity contribution is 5.96. The van der Waals surface area contributed by atoms with Crippen molar-refractivity contribution in [2.75, 3.05) is 19.8 Å². The number of rotatable bonds is 11. The molecular formula is C27H26N2O8. The predicted octanol–water partition coefficient (Wildman–Crippen LogP) is 5.46. The molecule has 0 bridgehead atoms. The number of nitro groups is 1. The molecule has 3 aromatic carbocycles. The van der Waals surface area contributed by atoms with Crippen LogP contribution in [0, 0.1) is 16.0 Å². The van der Waals surface area contributed by atoms with Crippen LogP contribution in [0.25, 0.3) is 33.3 Å². The summed E-state index contributed by atoms with van der Waals surface area (Å²) in [5, 5.41) is 12.8. The molecule has 10 nitrogen and oxygen atoms in total. The van der Waals surface area contributed by atoms with Crippen LogP contribution >= 0.6 is 0 Å². The lowest BCUT2D eigenvalue weighted by molar-refractivity contribution is -0.384. The highest BCUT2D eigenvalue weighted by Crippen LogP contribution is 2.33. The van der Waals surface area contributed by atoms with Gasteiger partial charge in [0.25, 0.3) is 5.69 Å². The average Bonchev–Trinajstić information content (AvgIpc) is 3.31. The van der Waals surface area contributed by atoms with Gasteiger partial charge in [-0.05, 0) is 67.8 Å². The van der Waals surface area contributed by atoms with Gasteiger partial charge in [0.05, 0.1) is 30.8 Å². The molecule has 0 saturated carbocycles. The highest BCUT2D eigenvalue weighted by atomic mass is 16.6. The number of carbonyl (C=O) groups excluding carboxylic acids is 2. The van der Waals surface area contributed by atoms with E-state index in [0.717, 1.165) is 16.3 Å². The molecule has 0 radical (unpaired) electrons. The molecule has 192 valence electrons. The van der Waals surface area contributed by atoms with E-state index >= 15 is 0 Å². The van der Waals surface area contributed by atoms with Crippen molar-refractivity contribution in [1.82, 2.24) is 4.98 Å². The third-order valence-electron chi connectivity index (χ3n) is 5.71. The van der Waals surface area contributed by atoms with Crippen molar-refractivity contribution in [3.8, 4) is 17.2 Å². The molecule has 0 amide bonds. The van der Waals surface area contributed by atoms with E-state index < -0.39 is 22.8 Å². The zero-order valence-corrected chi connectivity index (χ0v) is 20.5. The van der Waals surface area contributed by atoms with Crippen LogP contribution in [0.2, 0.25) is 0 Å². The van der Waals surface area contributed by atoms with Crippen LogP contribution in [0.15, 0.2) is 59.0 Å². The van der Waals surface area contributed by atoms with Gasteiger partial charge in [-0.15, -0.1) is 0 Å². The first-order valence-electron chi connectivity index (χ1n) is 12.0. The minimum absolute atomic E-state index is 0.0641. The smallest absolute Gasteiger partial charge is 0.320 e. The molecule has 0 spiro atoms. The molecule has 0 N–H and O–H groups in total. The second-order valence-electron chi connectivity index (χ2n) is 8.16. The van der Waals surface area contributed by atoms with Gasteiger partial charge in [0, 0.05) is 11.6 Å². The first kappa shape index (κ1) is 25.6. The lowest BCUT2D eigenvalue weighted by Gasteiger charge is -2.14. The fourth-order valence-electron chi connectivity index (χ4n) is 3.98. The first-order chi connectivity index (χ1) is 17.9. The molecule has 0 saturated heterocycles. The van der Waals surface area contributed by atoms with Crippen molar-refractivity contribution < 1.29 is 33.1 Å². The standard InChI is InChI=1S/C27H26N2O8/c1-3-34-26(30)22(27(31)35-4-2)9-6-14-36-19-11-12-20-17(15-19)7-5-8-21(20)25-28-23-13-10-18(29(32)33)16-24(23)37-25/h5,7-8,10-13,15-16,22H,3-4,6,9,14H2,1-2H3. The van der Waals surface area contributed by atoms with Crippen molar-refractivity contribution in [2.24, 2.45) is 5.92 Å². The zero-order valence-electron chi connectivity index (χ0n) is 20.5. The van der Waals surface area contributed by atoms with Crippen molar-refractivity contribution in [2.45, 2.75) is 26.7 Å². The maximum absolute atomic E-state index is 12.1. The minimum atomic E-state index is -0.972. The number of oxazole rings is 1. The van der Waals surface area contributed by atoms with Crippen molar-refractivity contribution in [3.63, 3.8) is 0 Å². The Hall–Kier alpha value is -4.47. The van der Waals surface area contributed by atoms with E-state index in [0.29, 0.717) is 35.8 Å². The molecule has 0 aliphatic carbocycles. The average molecular weight is 507 g/mol. The van der Waals surface area contributed by atoms with Crippen LogP contribution in [0.4, 0.5) is 5.69 Å². The zero-order chi connectivity index (χ0) is 26.4. The number of nitrogens with zero attached hydrogens (tertiary/aromatic N) is 2. The third-order valence-corrected chi connectivity index (χ3v) is 5.71. The van der Waals surface area contributed by atoms with Crippen LogP contribution in [0.5, 0.6) is 5.75 Å². The predicted molar refractivity (Wildman–Crippen MR) is 135 cm³/mol. The molecule has 10 heteroatoms. The summed E-state index contributed by atoms with van der Waals surface area (Å²) in [6.07, 6.45) is 0.709. The van der Waals surface area contributed by atoms with Gasteiger partial charge in [0.15, 0.2) is 11.5 Å². The number of carbonyl (C=O) groups is 2. The second kappa shape index (κ2) is 11.5. The molecule has 0 atom stereocenters. The Bertz CT molecular complexity index is 1430. The third kappa shape index (κ3) is 5.85. The number of aromatic nitrogens is 1. The summed E-state index contributed by atoms with van der Waals surface area (Å²) in [6, 6.07) is 15.5. The fraction of sp³-hybridized carbons (Fsp3) is 0.296. The SMILES string of the molecule is CCOC(=O)C(CCCOc1ccc2c(-c3nc4ccc([N+](=O)[O-])cc4o3)cccc2c1)C(=O)OCC. The Morgan fingerprint density at radius 2 is 1.78 bits per heavy atom. The van der Waals surface area contributed by atoms with E-state index in [1.165, 1.54) is 12.1 Å². The van der Waals surface area contributed by atoms with Crippen molar-refractivity contribution >= 4 is 39.5 Å². The largest absolute Gasteiger partial charge is 0.494 e. The molecule has 1 aromatic heterocycles. The molecule has 4 rings (SSSR count). The summed E-state index contributed by atoms with van der Waals surface area (Å²) in [7, 11) is 0. The Morgan fingerprint density at radius 3 is 2.49 bits per heavy atom. The lowest BCUT2D eigenvalue weighted by Crippen LogP contribution is -2.28. The second-order valence-corrected chi connectivity index (χ2v) is 8.16. The van der Waals surface area contributed by atoms with Crippen LogP contribution in [0.1, 0.15) is 26.7 Å². The summed E-state index contributed by atoms with van der Waals surface area (Å²) in [6.45, 7) is 4.04. The molecule has 4 aromatic rings. The van der Waals surface area contributed by atoms with E-state index in [1.807, 2.05) is 36.4 Å². The van der Waals surface area contributed by atoms with E-state index in [4.69, 9.17) is 18.6 Å². The maximum Gasteiger partial charge on any atom is 0.320 e. The van der Waals surface area contributed by atoms with Crippen LogP contribution in [-0.2, 0) is 19.1 Å². The lowest BCUT2D eigenvalue weighted by atomic mass is 10.0. The number of ether oxygens (including phenoxy) is 3. The van der Waals surface area contributed by atoms with Crippen molar-refractivity contribution in [3.05, 3.63) is 64.7 Å². The Balaban J connectivity index is 1.46. The number of esters is 2. The van der Waals surface area contributed by atoms with E-state index in [2.05, 4.69) is 4.98 Å². The number of hydrogen-bond acceptors (Lipinski definition) is 9. The molecule has 0 aliphatic heterocycles. The molecular weight excluding hydrogens is 480 g/mol. The summed E-state index contributed by atoms with van der Waals surface area (Å²) in [4.78, 5) is 39.3. The molecule has 0 aliphatic rings. The number of non-ortho nitro benzene ring substituents is 1. The van der Waals surface area contributed by atoms with Gasteiger partial charge < -0.3 is 18.6 Å². The summed E-state index contributed by atoms with van der Waals surface area (Å²) < 4.78 is 21.7. The van der Waals surface area contributed by atoms with Gasteiger partial charge in [-0.2, -0.15) is 0 Å². The van der Waals surface area contributed by atoms with Gasteiger partial charge in [0.2, 0.25) is 5.89 Å². The Morgan fingerprint density at radius 1 is 1.03 bits per heavy atom. The number of fused-ring (bicyclic) bond motifs is 2. The molecule has 0 fully saturated rings. The maximum atomic E-state index is 12.1. The Labute approximate surface area is 212 Å². The van der Waals surface area contributed by atoms with Gasteiger partial charge in [-0.3, -0.25) is 19.7 Å². The van der Waals surface area contributed by atoms with Crippen molar-refractivity contribution in [1.29, 1.82) is 0 Å². The van der Waals surface area contributed by atoms with Gasteiger partial charge in [0.1, 0.15) is 11.3 Å². The monoisotopic (exact) mass is 506 g/mol. The fourth-order valence-corrected chi connectivity index (χ4v) is 3.98. The highest BCUT2D eigenvalue weighted by Gasteiger charge is 2.29. The molecule has 0 unspecified atom stereocenters. The van der Waals surface area contributed by atoms with E-state index in [1.54, 1.807) is 19.9 Å². The van der Waals surface area contributed by atoms with Gasteiger partial charge >= 0.3 is 11.9 Å². The van der Waals surface area contributed by atoms with E-state index in [9.17, 15) is 19.7 Å². The van der Waals surface area contributed by atoms with Crippen LogP contribution in [0.3, 0.4) is 0 Å². The van der Waals surface area contributed by atoms with Crippen LogP contribution in [-0.4, -0.2) is 41.7 Å². The minimum Gasteiger partial charge on any atom is -0.494 e. The first-order valence-corrected chi connectivity index (χ1v) is 12.0. The number of nitro benzene ring substituents is 1. The summed E-state index contributed by atoms with van der Waals surface area (Å²) in [5.74, 6) is -1.17. The quantitative estimate of drug-likeness (QED) is 0.0855. The Kier molecular flexibility index (Phi) is 7.97. The van der Waals surface area contributed by atoms with Gasteiger partial charge in [-0.25, -0.2) is 4.98 Å². The summed E-state index contributed by atoms with van der Waals surface area (Å²) >= 11 is 0.